The van der Waals surface area contributed by atoms with Crippen LogP contribution in [0.4, 0.5) is 16.2 Å². The van der Waals surface area contributed by atoms with Crippen molar-refractivity contribution in [3.8, 4) is 0 Å². The Balaban J connectivity index is 1.46. The summed E-state index contributed by atoms with van der Waals surface area (Å²) in [6.07, 6.45) is 3.08. The summed E-state index contributed by atoms with van der Waals surface area (Å²) in [6.45, 7) is 6.02. The number of benzene rings is 1. The monoisotopic (exact) mass is 332 g/mol. The van der Waals surface area contributed by atoms with Gasteiger partial charge in [-0.2, -0.15) is 0 Å². The average molecular weight is 332 g/mol. The lowest BCUT2D eigenvalue weighted by Gasteiger charge is -2.36. The maximum Gasteiger partial charge on any atom is 0.409 e. The van der Waals surface area contributed by atoms with E-state index in [0.717, 1.165) is 56.8 Å². The summed E-state index contributed by atoms with van der Waals surface area (Å²) in [5, 5.41) is 3.57. The summed E-state index contributed by atoms with van der Waals surface area (Å²) in [5.41, 5.74) is 7.85. The topological polar surface area (TPSA) is 70.8 Å². The molecule has 2 saturated heterocycles. The number of rotatable bonds is 4. The molecule has 3 N–H and O–H groups in total. The molecule has 1 aromatic rings. The van der Waals surface area contributed by atoms with E-state index >= 15 is 0 Å². The zero-order chi connectivity index (χ0) is 16.9. The first-order valence-electron chi connectivity index (χ1n) is 8.94. The summed E-state index contributed by atoms with van der Waals surface area (Å²) < 4.78 is 5.10. The molecule has 0 aliphatic carbocycles. The Morgan fingerprint density at radius 3 is 2.71 bits per heavy atom. The van der Waals surface area contributed by atoms with Gasteiger partial charge in [-0.25, -0.2) is 4.79 Å². The first kappa shape index (κ1) is 16.9. The summed E-state index contributed by atoms with van der Waals surface area (Å²) in [5.74, 6) is 0. The van der Waals surface area contributed by atoms with Crippen LogP contribution < -0.4 is 11.1 Å². The number of hydrogen-bond acceptors (Lipinski definition) is 5. The molecule has 0 aromatic heterocycles. The second-order valence-electron chi connectivity index (χ2n) is 6.63. The third-order valence-corrected chi connectivity index (χ3v) is 5.06. The molecule has 0 saturated carbocycles. The minimum absolute atomic E-state index is 0.170. The fraction of sp³-hybridized carbons (Fsp3) is 0.611. The number of nitrogen functional groups attached to an aromatic ring is 1. The molecule has 2 aliphatic heterocycles. The van der Waals surface area contributed by atoms with Gasteiger partial charge in [0.05, 0.1) is 18.0 Å². The minimum atomic E-state index is -0.170. The molecule has 132 valence electrons. The predicted molar refractivity (Wildman–Crippen MR) is 96.1 cm³/mol. The summed E-state index contributed by atoms with van der Waals surface area (Å²) in [4.78, 5) is 16.2. The van der Waals surface area contributed by atoms with Gasteiger partial charge in [0, 0.05) is 38.3 Å². The van der Waals surface area contributed by atoms with E-state index in [-0.39, 0.29) is 6.09 Å². The zero-order valence-electron chi connectivity index (χ0n) is 14.4. The van der Waals surface area contributed by atoms with Crippen LogP contribution in [0.1, 0.15) is 26.2 Å². The maximum atomic E-state index is 11.8. The Morgan fingerprint density at radius 2 is 2.00 bits per heavy atom. The van der Waals surface area contributed by atoms with E-state index in [4.69, 9.17) is 10.5 Å². The number of anilines is 2. The van der Waals surface area contributed by atoms with Crippen LogP contribution in [-0.4, -0.2) is 60.8 Å². The summed E-state index contributed by atoms with van der Waals surface area (Å²) >= 11 is 0. The van der Waals surface area contributed by atoms with Crippen molar-refractivity contribution in [2.24, 2.45) is 0 Å². The second kappa shape index (κ2) is 7.75. The molecule has 0 radical (unpaired) electrons. The van der Waals surface area contributed by atoms with Crippen LogP contribution in [0.5, 0.6) is 0 Å². The first-order valence-corrected chi connectivity index (χ1v) is 8.94. The number of likely N-dealkylation sites (tertiary alicyclic amines) is 2. The highest BCUT2D eigenvalue weighted by atomic mass is 16.6. The Bertz CT molecular complexity index is 558. The van der Waals surface area contributed by atoms with E-state index in [1.807, 2.05) is 36.1 Å². The fourth-order valence-electron chi connectivity index (χ4n) is 3.68. The first-order chi connectivity index (χ1) is 11.7. The van der Waals surface area contributed by atoms with Gasteiger partial charge < -0.3 is 20.7 Å². The van der Waals surface area contributed by atoms with Crippen LogP contribution in [0.15, 0.2) is 24.3 Å². The molecular weight excluding hydrogens is 304 g/mol. The minimum Gasteiger partial charge on any atom is -0.450 e. The highest BCUT2D eigenvalue weighted by Gasteiger charge is 2.33. The standard InChI is InChI=1S/C18H28N4O2/c1-2-24-18(23)22-12-9-15(13-22)21-10-7-14(8-11-21)20-17-6-4-3-5-16(17)19/h3-6,14-15,20H,2,7-13,19H2,1H3/t15-/m0/s1. The van der Waals surface area contributed by atoms with Crippen LogP contribution in [-0.2, 0) is 4.74 Å². The molecule has 2 aliphatic rings. The number of amides is 1. The molecule has 3 rings (SSSR count). The Kier molecular flexibility index (Phi) is 5.45. The molecule has 0 bridgehead atoms. The van der Waals surface area contributed by atoms with Crippen LogP contribution >= 0.6 is 0 Å². The van der Waals surface area contributed by atoms with Gasteiger partial charge in [0.1, 0.15) is 0 Å². The number of hydrogen-bond donors (Lipinski definition) is 2. The average Bonchev–Trinajstić information content (AvgIpc) is 3.08. The van der Waals surface area contributed by atoms with Gasteiger partial charge >= 0.3 is 6.09 Å². The van der Waals surface area contributed by atoms with Gasteiger partial charge in [-0.1, -0.05) is 12.1 Å². The molecule has 6 nitrogen and oxygen atoms in total. The SMILES string of the molecule is CCOC(=O)N1CC[C@H](N2CCC(Nc3ccccc3N)CC2)C1. The lowest BCUT2D eigenvalue weighted by molar-refractivity contribution is 0.108. The molecule has 2 heterocycles. The quantitative estimate of drug-likeness (QED) is 0.829. The van der Waals surface area contributed by atoms with E-state index in [1.54, 1.807) is 0 Å². The predicted octanol–water partition coefficient (Wildman–Crippen LogP) is 2.38. The molecule has 1 amide bonds. The zero-order valence-corrected chi connectivity index (χ0v) is 14.4. The molecular formula is C18H28N4O2. The maximum absolute atomic E-state index is 11.8. The second-order valence-corrected chi connectivity index (χ2v) is 6.63. The van der Waals surface area contributed by atoms with Crippen molar-refractivity contribution >= 4 is 17.5 Å². The Labute approximate surface area is 143 Å². The lowest BCUT2D eigenvalue weighted by Crippen LogP contribution is -2.46. The lowest BCUT2D eigenvalue weighted by atomic mass is 10.0. The van der Waals surface area contributed by atoms with E-state index in [0.29, 0.717) is 18.7 Å². The molecule has 6 heteroatoms. The van der Waals surface area contributed by atoms with Crippen molar-refractivity contribution in [3.63, 3.8) is 0 Å². The normalized spacial score (nSPS) is 22.5. The third-order valence-electron chi connectivity index (χ3n) is 5.06. The number of nitrogens with zero attached hydrogens (tertiary/aromatic N) is 2. The molecule has 2 fully saturated rings. The van der Waals surface area contributed by atoms with Gasteiger partial charge in [-0.15, -0.1) is 0 Å². The molecule has 0 spiro atoms. The number of nitrogens with one attached hydrogen (secondary N) is 1. The number of carbonyl (C=O) groups is 1. The molecule has 0 unspecified atom stereocenters. The van der Waals surface area contributed by atoms with Crippen LogP contribution in [0.25, 0.3) is 0 Å². The largest absolute Gasteiger partial charge is 0.450 e. The van der Waals surface area contributed by atoms with E-state index in [2.05, 4.69) is 10.2 Å². The van der Waals surface area contributed by atoms with Crippen molar-refractivity contribution in [2.45, 2.75) is 38.3 Å². The Hall–Kier alpha value is -1.95. The molecule has 24 heavy (non-hydrogen) atoms. The number of piperidine rings is 1. The smallest absolute Gasteiger partial charge is 0.409 e. The van der Waals surface area contributed by atoms with Crippen molar-refractivity contribution in [3.05, 3.63) is 24.3 Å². The van der Waals surface area contributed by atoms with Gasteiger partial charge in [0.25, 0.3) is 0 Å². The van der Waals surface area contributed by atoms with Crippen molar-refractivity contribution in [2.75, 3.05) is 43.8 Å². The highest BCUT2D eigenvalue weighted by molar-refractivity contribution is 5.68. The number of nitrogens with two attached hydrogens (primary N) is 1. The van der Waals surface area contributed by atoms with Gasteiger partial charge in [0.15, 0.2) is 0 Å². The van der Waals surface area contributed by atoms with Gasteiger partial charge in [-0.3, -0.25) is 4.90 Å². The van der Waals surface area contributed by atoms with Gasteiger partial charge in [-0.05, 0) is 38.3 Å². The van der Waals surface area contributed by atoms with E-state index in [9.17, 15) is 4.79 Å². The van der Waals surface area contributed by atoms with E-state index in [1.165, 1.54) is 0 Å². The Morgan fingerprint density at radius 1 is 1.25 bits per heavy atom. The fourth-order valence-corrected chi connectivity index (χ4v) is 3.68. The van der Waals surface area contributed by atoms with Gasteiger partial charge in [0.2, 0.25) is 0 Å². The molecule has 1 atom stereocenters. The molecule has 1 aromatic carbocycles. The van der Waals surface area contributed by atoms with Crippen LogP contribution in [0, 0.1) is 0 Å². The third kappa shape index (κ3) is 3.93. The number of carbonyl (C=O) groups excluding carboxylic acids is 1. The van der Waals surface area contributed by atoms with E-state index < -0.39 is 0 Å². The number of para-hydroxylation sites is 2. The van der Waals surface area contributed by atoms with Crippen LogP contribution in [0.2, 0.25) is 0 Å². The van der Waals surface area contributed by atoms with Crippen LogP contribution in [0.3, 0.4) is 0 Å². The van der Waals surface area contributed by atoms with Crippen molar-refractivity contribution in [1.82, 2.24) is 9.80 Å². The van der Waals surface area contributed by atoms with Crippen molar-refractivity contribution in [1.29, 1.82) is 0 Å². The highest BCUT2D eigenvalue weighted by Crippen LogP contribution is 2.24. The van der Waals surface area contributed by atoms with Crippen molar-refractivity contribution < 1.29 is 9.53 Å². The summed E-state index contributed by atoms with van der Waals surface area (Å²) in [7, 11) is 0. The summed E-state index contributed by atoms with van der Waals surface area (Å²) in [6, 6.07) is 8.87. The number of ether oxygens (including phenoxy) is 1.